The number of halogens is 1. The van der Waals surface area contributed by atoms with Crippen molar-refractivity contribution >= 4 is 27.5 Å². The van der Waals surface area contributed by atoms with Gasteiger partial charge in [-0.15, -0.1) is 0 Å². The van der Waals surface area contributed by atoms with Gasteiger partial charge in [-0.3, -0.25) is 4.79 Å². The lowest BCUT2D eigenvalue weighted by atomic mass is 10.00. The first-order valence-electron chi connectivity index (χ1n) is 6.06. The standard InChI is InChI=1S/C12H15ClN2O4S/c1-2-15-11(16)5-6-12(15,17)8-3-4-9(13)10(7-8)20(14,18)19/h3-4,7,17H,2,5-6H2,1H3,(H2,14,18,19). The smallest absolute Gasteiger partial charge is 0.239 e. The molecule has 2 rings (SSSR count). The van der Waals surface area contributed by atoms with Crippen molar-refractivity contribution in [3.8, 4) is 0 Å². The van der Waals surface area contributed by atoms with Crippen molar-refractivity contribution in [3.05, 3.63) is 28.8 Å². The molecular weight excluding hydrogens is 304 g/mol. The van der Waals surface area contributed by atoms with E-state index in [1.165, 1.54) is 23.1 Å². The van der Waals surface area contributed by atoms with Crippen molar-refractivity contribution in [2.45, 2.75) is 30.4 Å². The molecule has 0 spiro atoms. The van der Waals surface area contributed by atoms with Crippen molar-refractivity contribution < 1.29 is 18.3 Å². The molecule has 1 unspecified atom stereocenters. The van der Waals surface area contributed by atoms with Crippen LogP contribution in [0, 0.1) is 0 Å². The number of benzene rings is 1. The molecule has 0 aliphatic carbocycles. The van der Waals surface area contributed by atoms with Crippen LogP contribution >= 0.6 is 11.6 Å². The molecule has 0 saturated carbocycles. The van der Waals surface area contributed by atoms with Gasteiger partial charge in [-0.05, 0) is 19.1 Å². The molecule has 1 fully saturated rings. The molecule has 0 aromatic heterocycles. The largest absolute Gasteiger partial charge is 0.367 e. The van der Waals surface area contributed by atoms with Gasteiger partial charge in [0.1, 0.15) is 4.90 Å². The van der Waals surface area contributed by atoms with Gasteiger partial charge in [-0.25, -0.2) is 13.6 Å². The molecule has 6 nitrogen and oxygen atoms in total. The predicted octanol–water partition coefficient (Wildman–Crippen LogP) is 0.775. The molecule has 3 N–H and O–H groups in total. The van der Waals surface area contributed by atoms with Gasteiger partial charge in [0.2, 0.25) is 15.9 Å². The zero-order valence-electron chi connectivity index (χ0n) is 10.8. The molecule has 1 amide bonds. The minimum atomic E-state index is -4.00. The Morgan fingerprint density at radius 1 is 1.50 bits per heavy atom. The van der Waals surface area contributed by atoms with Crippen molar-refractivity contribution in [1.29, 1.82) is 0 Å². The van der Waals surface area contributed by atoms with Gasteiger partial charge in [0.15, 0.2) is 5.72 Å². The van der Waals surface area contributed by atoms with Crippen LogP contribution in [0.4, 0.5) is 0 Å². The van der Waals surface area contributed by atoms with Gasteiger partial charge >= 0.3 is 0 Å². The molecule has 8 heteroatoms. The molecule has 110 valence electrons. The summed E-state index contributed by atoms with van der Waals surface area (Å²) in [5, 5.41) is 15.8. The SMILES string of the molecule is CCN1C(=O)CCC1(O)c1ccc(Cl)c(S(N)(=O)=O)c1. The Labute approximate surface area is 122 Å². The predicted molar refractivity (Wildman–Crippen MR) is 73.3 cm³/mol. The highest BCUT2D eigenvalue weighted by Crippen LogP contribution is 2.38. The summed E-state index contributed by atoms with van der Waals surface area (Å²) in [5.74, 6) is -0.179. The minimum absolute atomic E-state index is 0.0211. The summed E-state index contributed by atoms with van der Waals surface area (Å²) >= 11 is 5.81. The average molecular weight is 319 g/mol. The normalized spacial score (nSPS) is 23.4. The van der Waals surface area contributed by atoms with E-state index >= 15 is 0 Å². The number of hydrogen-bond donors (Lipinski definition) is 2. The highest BCUT2D eigenvalue weighted by molar-refractivity contribution is 7.89. The zero-order chi connectivity index (χ0) is 15.1. The van der Waals surface area contributed by atoms with Crippen LogP contribution in [0.15, 0.2) is 23.1 Å². The van der Waals surface area contributed by atoms with Crippen LogP contribution in [0.5, 0.6) is 0 Å². The van der Waals surface area contributed by atoms with E-state index in [-0.39, 0.29) is 28.7 Å². The maximum Gasteiger partial charge on any atom is 0.239 e. The highest BCUT2D eigenvalue weighted by atomic mass is 35.5. The molecular formula is C12H15ClN2O4S. The van der Waals surface area contributed by atoms with E-state index in [0.29, 0.717) is 12.1 Å². The molecule has 1 saturated heterocycles. The number of carbonyl (C=O) groups excluding carboxylic acids is 1. The second kappa shape index (κ2) is 5.00. The Kier molecular flexibility index (Phi) is 3.81. The fourth-order valence-electron chi connectivity index (χ4n) is 2.47. The Hall–Kier alpha value is -1.15. The number of likely N-dealkylation sites (tertiary alicyclic amines) is 1. The summed E-state index contributed by atoms with van der Waals surface area (Å²) in [6, 6.07) is 4.07. The maximum atomic E-state index is 11.7. The number of amides is 1. The topological polar surface area (TPSA) is 101 Å². The highest BCUT2D eigenvalue weighted by Gasteiger charge is 2.44. The number of primary sulfonamides is 1. The molecule has 1 aromatic rings. The number of hydrogen-bond acceptors (Lipinski definition) is 4. The van der Waals surface area contributed by atoms with E-state index in [0.717, 1.165) is 0 Å². The van der Waals surface area contributed by atoms with Crippen molar-refractivity contribution in [3.63, 3.8) is 0 Å². The molecule has 0 radical (unpaired) electrons. The molecule has 1 aliphatic heterocycles. The first-order valence-corrected chi connectivity index (χ1v) is 7.98. The van der Waals surface area contributed by atoms with Crippen LogP contribution in [-0.2, 0) is 20.5 Å². The summed E-state index contributed by atoms with van der Waals surface area (Å²) in [6.07, 6.45) is 0.406. The lowest BCUT2D eigenvalue weighted by Gasteiger charge is -2.33. The Morgan fingerprint density at radius 2 is 2.15 bits per heavy atom. The van der Waals surface area contributed by atoms with E-state index in [2.05, 4.69) is 0 Å². The molecule has 1 aromatic carbocycles. The first kappa shape index (κ1) is 15.2. The number of nitrogens with two attached hydrogens (primary N) is 1. The molecule has 1 atom stereocenters. The Balaban J connectivity index is 2.57. The summed E-state index contributed by atoms with van der Waals surface area (Å²) in [4.78, 5) is 12.8. The number of aliphatic hydroxyl groups is 1. The van der Waals surface area contributed by atoms with Gasteiger partial charge < -0.3 is 10.0 Å². The Morgan fingerprint density at radius 3 is 2.70 bits per heavy atom. The summed E-state index contributed by atoms with van der Waals surface area (Å²) < 4.78 is 22.9. The van der Waals surface area contributed by atoms with Crippen molar-refractivity contribution in [2.75, 3.05) is 6.54 Å². The molecule has 1 aliphatic rings. The second-order valence-electron chi connectivity index (χ2n) is 4.64. The first-order chi connectivity index (χ1) is 9.20. The van der Waals surface area contributed by atoms with Gasteiger partial charge in [-0.1, -0.05) is 17.7 Å². The van der Waals surface area contributed by atoms with Crippen LogP contribution in [0.25, 0.3) is 0 Å². The van der Waals surface area contributed by atoms with Gasteiger partial charge in [0.25, 0.3) is 0 Å². The fourth-order valence-corrected chi connectivity index (χ4v) is 3.54. The van der Waals surface area contributed by atoms with Crippen LogP contribution in [0.3, 0.4) is 0 Å². The third-order valence-corrected chi connectivity index (χ3v) is 4.84. The fraction of sp³-hybridized carbons (Fsp3) is 0.417. The van der Waals surface area contributed by atoms with E-state index < -0.39 is 15.7 Å². The minimum Gasteiger partial charge on any atom is -0.367 e. The average Bonchev–Trinajstić information content (AvgIpc) is 2.65. The van der Waals surface area contributed by atoms with E-state index in [4.69, 9.17) is 16.7 Å². The monoisotopic (exact) mass is 318 g/mol. The summed E-state index contributed by atoms with van der Waals surface area (Å²) in [6.45, 7) is 2.06. The zero-order valence-corrected chi connectivity index (χ0v) is 12.4. The van der Waals surface area contributed by atoms with Gasteiger partial charge in [-0.2, -0.15) is 0 Å². The quantitative estimate of drug-likeness (QED) is 0.859. The molecule has 20 heavy (non-hydrogen) atoms. The molecule has 0 bridgehead atoms. The van der Waals surface area contributed by atoms with Crippen LogP contribution in [0.2, 0.25) is 5.02 Å². The third kappa shape index (κ3) is 2.42. The van der Waals surface area contributed by atoms with E-state index in [9.17, 15) is 18.3 Å². The van der Waals surface area contributed by atoms with Crippen molar-refractivity contribution in [1.82, 2.24) is 4.90 Å². The number of sulfonamides is 1. The van der Waals surface area contributed by atoms with Gasteiger partial charge in [0.05, 0.1) is 5.02 Å². The number of rotatable bonds is 3. The van der Waals surface area contributed by atoms with Crippen molar-refractivity contribution in [2.24, 2.45) is 5.14 Å². The van der Waals surface area contributed by atoms with Gasteiger partial charge in [0, 0.05) is 24.9 Å². The van der Waals surface area contributed by atoms with Crippen LogP contribution < -0.4 is 5.14 Å². The lowest BCUT2D eigenvalue weighted by molar-refractivity contribution is -0.146. The van der Waals surface area contributed by atoms with Crippen LogP contribution in [0.1, 0.15) is 25.3 Å². The maximum absolute atomic E-state index is 11.7. The third-order valence-electron chi connectivity index (χ3n) is 3.45. The van der Waals surface area contributed by atoms with E-state index in [1.807, 2.05) is 0 Å². The number of nitrogens with zero attached hydrogens (tertiary/aromatic N) is 1. The number of carbonyl (C=O) groups is 1. The van der Waals surface area contributed by atoms with E-state index in [1.54, 1.807) is 6.92 Å². The summed E-state index contributed by atoms with van der Waals surface area (Å²) in [7, 11) is -4.00. The van der Waals surface area contributed by atoms with Crippen LogP contribution in [-0.4, -0.2) is 30.9 Å². The second-order valence-corrected chi connectivity index (χ2v) is 6.58. The Bertz CT molecular complexity index is 661. The molecule has 1 heterocycles. The summed E-state index contributed by atoms with van der Waals surface area (Å²) in [5.41, 5.74) is -1.23. The lowest BCUT2D eigenvalue weighted by Crippen LogP contribution is -2.43.